The molecule has 0 aliphatic heterocycles. The lowest BCUT2D eigenvalue weighted by atomic mass is 10.1. The zero-order valence-corrected chi connectivity index (χ0v) is 14.9. The number of nitrogens with zero attached hydrogens (tertiary/aromatic N) is 2. The van der Waals surface area contributed by atoms with Gasteiger partial charge in [-0.2, -0.15) is 0 Å². The Bertz CT molecular complexity index is 215. The molecule has 1 unspecified atom stereocenters. The maximum absolute atomic E-state index is 5.81. The fourth-order valence-electron chi connectivity index (χ4n) is 1.74. The van der Waals surface area contributed by atoms with Crippen LogP contribution in [0.1, 0.15) is 41.0 Å². The number of rotatable bonds is 8. The van der Waals surface area contributed by atoms with Crippen molar-refractivity contribution in [2.45, 2.75) is 47.1 Å². The Morgan fingerprint density at radius 3 is 2.22 bits per heavy atom. The summed E-state index contributed by atoms with van der Waals surface area (Å²) in [6, 6.07) is 0.454. The summed E-state index contributed by atoms with van der Waals surface area (Å²) in [5, 5.41) is 3.15. The standard InChI is InChI=1S/C13H30N4.HI/c1-6-17(7-2)12(5)10-16-13(14)15-9-8-11(3)4;/h11-12H,6-10H2,1-5H3,(H3,14,15,16);1H. The van der Waals surface area contributed by atoms with Crippen LogP contribution < -0.4 is 11.1 Å². The van der Waals surface area contributed by atoms with Gasteiger partial charge in [-0.3, -0.25) is 9.89 Å². The molecule has 0 saturated heterocycles. The topological polar surface area (TPSA) is 53.6 Å². The van der Waals surface area contributed by atoms with Gasteiger partial charge in [0.15, 0.2) is 5.96 Å². The van der Waals surface area contributed by atoms with Crippen molar-refractivity contribution in [2.24, 2.45) is 16.6 Å². The summed E-state index contributed by atoms with van der Waals surface area (Å²) < 4.78 is 0. The van der Waals surface area contributed by atoms with Gasteiger partial charge in [-0.1, -0.05) is 27.7 Å². The van der Waals surface area contributed by atoms with Crippen LogP contribution >= 0.6 is 24.0 Å². The number of halogens is 1. The normalized spacial score (nSPS) is 13.6. The van der Waals surface area contributed by atoms with Gasteiger partial charge < -0.3 is 11.1 Å². The maximum atomic E-state index is 5.81. The first-order chi connectivity index (χ1) is 8.01. The van der Waals surface area contributed by atoms with E-state index in [9.17, 15) is 0 Å². The molecular formula is C13H31IN4. The molecule has 0 fully saturated rings. The van der Waals surface area contributed by atoms with E-state index in [1.165, 1.54) is 0 Å². The molecule has 0 radical (unpaired) electrons. The van der Waals surface area contributed by atoms with Crippen molar-refractivity contribution >= 4 is 29.9 Å². The Morgan fingerprint density at radius 1 is 1.22 bits per heavy atom. The van der Waals surface area contributed by atoms with Crippen LogP contribution in [0.2, 0.25) is 0 Å². The van der Waals surface area contributed by atoms with Crippen LogP contribution in [0.25, 0.3) is 0 Å². The monoisotopic (exact) mass is 370 g/mol. The summed E-state index contributed by atoms with van der Waals surface area (Å²) in [6.45, 7) is 14.8. The second-order valence-electron chi connectivity index (χ2n) is 4.91. The molecule has 1 atom stereocenters. The number of nitrogens with one attached hydrogen (secondary N) is 1. The number of hydrogen-bond acceptors (Lipinski definition) is 2. The lowest BCUT2D eigenvalue weighted by molar-refractivity contribution is 0.237. The number of likely N-dealkylation sites (N-methyl/N-ethyl adjacent to an activating group) is 1. The lowest BCUT2D eigenvalue weighted by Gasteiger charge is -2.24. The van der Waals surface area contributed by atoms with E-state index >= 15 is 0 Å². The molecule has 110 valence electrons. The number of nitrogens with two attached hydrogens (primary N) is 1. The van der Waals surface area contributed by atoms with Crippen molar-refractivity contribution in [1.82, 2.24) is 10.2 Å². The van der Waals surface area contributed by atoms with E-state index in [0.29, 0.717) is 17.9 Å². The van der Waals surface area contributed by atoms with E-state index in [4.69, 9.17) is 5.73 Å². The summed E-state index contributed by atoms with van der Waals surface area (Å²) in [4.78, 5) is 6.76. The van der Waals surface area contributed by atoms with Crippen LogP contribution in [0, 0.1) is 5.92 Å². The quantitative estimate of drug-likeness (QED) is 0.392. The molecular weight excluding hydrogens is 339 g/mol. The Hall–Kier alpha value is -0.0400. The van der Waals surface area contributed by atoms with Gasteiger partial charge in [-0.05, 0) is 32.4 Å². The van der Waals surface area contributed by atoms with Crippen molar-refractivity contribution < 1.29 is 0 Å². The summed E-state index contributed by atoms with van der Waals surface area (Å²) in [5.41, 5.74) is 5.81. The molecule has 0 saturated carbocycles. The van der Waals surface area contributed by atoms with Crippen molar-refractivity contribution in [3.8, 4) is 0 Å². The first-order valence-corrected chi connectivity index (χ1v) is 6.79. The summed E-state index contributed by atoms with van der Waals surface area (Å²) in [5.74, 6) is 1.27. The van der Waals surface area contributed by atoms with E-state index in [1.54, 1.807) is 0 Å². The molecule has 5 heteroatoms. The van der Waals surface area contributed by atoms with E-state index in [1.807, 2.05) is 0 Å². The average Bonchev–Trinajstić information content (AvgIpc) is 2.27. The Balaban J connectivity index is 0. The minimum atomic E-state index is 0. The van der Waals surface area contributed by atoms with Gasteiger partial charge in [0.2, 0.25) is 0 Å². The zero-order valence-electron chi connectivity index (χ0n) is 12.6. The molecule has 0 amide bonds. The van der Waals surface area contributed by atoms with Gasteiger partial charge >= 0.3 is 0 Å². The maximum Gasteiger partial charge on any atom is 0.188 e. The highest BCUT2D eigenvalue weighted by Gasteiger charge is 2.08. The minimum absolute atomic E-state index is 0. The first-order valence-electron chi connectivity index (χ1n) is 6.79. The summed E-state index contributed by atoms with van der Waals surface area (Å²) in [6.07, 6.45) is 1.13. The predicted octanol–water partition coefficient (Wildman–Crippen LogP) is 2.29. The van der Waals surface area contributed by atoms with Crippen molar-refractivity contribution in [1.29, 1.82) is 0 Å². The first kappa shape index (κ1) is 20.3. The van der Waals surface area contributed by atoms with Crippen molar-refractivity contribution in [2.75, 3.05) is 26.2 Å². The smallest absolute Gasteiger partial charge is 0.188 e. The van der Waals surface area contributed by atoms with Crippen LogP contribution in [-0.2, 0) is 0 Å². The van der Waals surface area contributed by atoms with Crippen molar-refractivity contribution in [3.63, 3.8) is 0 Å². The van der Waals surface area contributed by atoms with Gasteiger partial charge in [0.05, 0.1) is 6.54 Å². The Kier molecular flexibility index (Phi) is 13.5. The largest absolute Gasteiger partial charge is 0.370 e. The SMILES string of the molecule is CCN(CC)C(C)CN=C(N)NCCC(C)C.I. The minimum Gasteiger partial charge on any atom is -0.370 e. The van der Waals surface area contributed by atoms with Crippen LogP contribution in [0.5, 0.6) is 0 Å². The molecule has 0 heterocycles. The predicted molar refractivity (Wildman–Crippen MR) is 91.7 cm³/mol. The molecule has 18 heavy (non-hydrogen) atoms. The Morgan fingerprint density at radius 2 is 1.78 bits per heavy atom. The Labute approximate surface area is 130 Å². The summed E-state index contributed by atoms with van der Waals surface area (Å²) in [7, 11) is 0. The lowest BCUT2D eigenvalue weighted by Crippen LogP contribution is -2.37. The van der Waals surface area contributed by atoms with E-state index in [2.05, 4.69) is 49.8 Å². The average molecular weight is 370 g/mol. The highest BCUT2D eigenvalue weighted by Crippen LogP contribution is 1.98. The molecule has 0 aromatic heterocycles. The van der Waals surface area contributed by atoms with Gasteiger partial charge in [0.1, 0.15) is 0 Å². The highest BCUT2D eigenvalue weighted by atomic mass is 127. The van der Waals surface area contributed by atoms with E-state index in [0.717, 1.165) is 32.6 Å². The molecule has 3 N–H and O–H groups in total. The van der Waals surface area contributed by atoms with Crippen LogP contribution in [0.4, 0.5) is 0 Å². The molecule has 0 aliphatic rings. The van der Waals surface area contributed by atoms with Gasteiger partial charge in [0.25, 0.3) is 0 Å². The molecule has 0 aromatic carbocycles. The zero-order chi connectivity index (χ0) is 13.3. The third-order valence-electron chi connectivity index (χ3n) is 2.99. The number of guanidine groups is 1. The fraction of sp³-hybridized carbons (Fsp3) is 0.923. The van der Waals surface area contributed by atoms with Gasteiger partial charge in [-0.25, -0.2) is 0 Å². The second-order valence-corrected chi connectivity index (χ2v) is 4.91. The summed E-state index contributed by atoms with van der Waals surface area (Å²) >= 11 is 0. The van der Waals surface area contributed by atoms with Gasteiger partial charge in [-0.15, -0.1) is 24.0 Å². The van der Waals surface area contributed by atoms with Crippen LogP contribution in [0.3, 0.4) is 0 Å². The number of aliphatic imine (C=N–C) groups is 1. The van der Waals surface area contributed by atoms with Crippen LogP contribution in [-0.4, -0.2) is 43.1 Å². The highest BCUT2D eigenvalue weighted by molar-refractivity contribution is 14.0. The fourth-order valence-corrected chi connectivity index (χ4v) is 1.74. The molecule has 0 spiro atoms. The van der Waals surface area contributed by atoms with Crippen LogP contribution in [0.15, 0.2) is 4.99 Å². The molecule has 4 nitrogen and oxygen atoms in total. The van der Waals surface area contributed by atoms with E-state index in [-0.39, 0.29) is 24.0 Å². The molecule has 0 aromatic rings. The molecule has 0 aliphatic carbocycles. The molecule has 0 rings (SSSR count). The van der Waals surface area contributed by atoms with Gasteiger partial charge in [0, 0.05) is 12.6 Å². The second kappa shape index (κ2) is 12.0. The van der Waals surface area contributed by atoms with E-state index < -0.39 is 0 Å². The third kappa shape index (κ3) is 9.94. The van der Waals surface area contributed by atoms with Crippen molar-refractivity contribution in [3.05, 3.63) is 0 Å². The number of hydrogen-bond donors (Lipinski definition) is 2. The molecule has 0 bridgehead atoms. The third-order valence-corrected chi connectivity index (χ3v) is 2.99.